The van der Waals surface area contributed by atoms with Gasteiger partial charge >= 0.3 is 5.97 Å². The Labute approximate surface area is 165 Å². The van der Waals surface area contributed by atoms with Gasteiger partial charge in [0.05, 0.1) is 31.7 Å². The number of methoxy groups -OCH3 is 1. The number of azo groups is 1. The quantitative estimate of drug-likeness (QED) is 0.202. The van der Waals surface area contributed by atoms with Crippen molar-refractivity contribution in [1.29, 1.82) is 0 Å². The van der Waals surface area contributed by atoms with E-state index in [-0.39, 0.29) is 5.97 Å². The number of nitrogens with zero attached hydrogens (tertiary/aromatic N) is 2. The third kappa shape index (κ3) is 8.03. The summed E-state index contributed by atoms with van der Waals surface area (Å²) in [5.74, 6) is 1.23. The summed E-state index contributed by atoms with van der Waals surface area (Å²) >= 11 is 0. The van der Waals surface area contributed by atoms with Crippen LogP contribution in [0.4, 0.5) is 11.4 Å². The van der Waals surface area contributed by atoms with Crippen LogP contribution in [0.3, 0.4) is 0 Å². The van der Waals surface area contributed by atoms with Gasteiger partial charge in [0.15, 0.2) is 0 Å². The predicted molar refractivity (Wildman–Crippen MR) is 109 cm³/mol. The first kappa shape index (κ1) is 21.2. The van der Waals surface area contributed by atoms with E-state index in [1.165, 1.54) is 6.08 Å². The van der Waals surface area contributed by atoms with E-state index in [1.807, 2.05) is 48.5 Å². The highest BCUT2D eigenvalue weighted by Gasteiger charge is 1.98. The molecule has 2 aromatic rings. The van der Waals surface area contributed by atoms with E-state index in [9.17, 15) is 4.79 Å². The molecule has 0 heterocycles. The standard InChI is InChI=1S/C22H26N2O4/c1-3-22(25)28-17-7-5-4-6-16-27-21-14-10-19(11-15-21)24-23-18-8-12-20(26-2)13-9-18/h3,8-15H,1,4-7,16-17H2,2H3/b24-23+. The Morgan fingerprint density at radius 1 is 0.857 bits per heavy atom. The van der Waals surface area contributed by atoms with Crippen LogP contribution in [-0.2, 0) is 9.53 Å². The Bertz CT molecular complexity index is 755. The molecule has 28 heavy (non-hydrogen) atoms. The van der Waals surface area contributed by atoms with E-state index in [2.05, 4.69) is 16.8 Å². The van der Waals surface area contributed by atoms with Crippen molar-refractivity contribution >= 4 is 17.3 Å². The van der Waals surface area contributed by atoms with Crippen molar-refractivity contribution in [1.82, 2.24) is 0 Å². The fraction of sp³-hybridized carbons (Fsp3) is 0.318. The zero-order chi connectivity index (χ0) is 20.0. The summed E-state index contributed by atoms with van der Waals surface area (Å²) in [5, 5.41) is 8.42. The predicted octanol–water partition coefficient (Wildman–Crippen LogP) is 5.78. The molecule has 0 saturated carbocycles. The van der Waals surface area contributed by atoms with Gasteiger partial charge in [-0.1, -0.05) is 6.58 Å². The van der Waals surface area contributed by atoms with E-state index in [4.69, 9.17) is 14.2 Å². The molecular weight excluding hydrogens is 356 g/mol. The summed E-state index contributed by atoms with van der Waals surface area (Å²) in [7, 11) is 1.63. The van der Waals surface area contributed by atoms with Gasteiger partial charge in [0.1, 0.15) is 11.5 Å². The highest BCUT2D eigenvalue weighted by atomic mass is 16.5. The first-order valence-electron chi connectivity index (χ1n) is 9.29. The molecular formula is C22H26N2O4. The third-order valence-electron chi connectivity index (χ3n) is 3.91. The molecule has 0 aliphatic heterocycles. The minimum Gasteiger partial charge on any atom is -0.497 e. The Balaban J connectivity index is 1.63. The van der Waals surface area contributed by atoms with E-state index >= 15 is 0 Å². The molecule has 0 aliphatic rings. The SMILES string of the molecule is C=CC(=O)OCCCCCCOc1ccc(/N=N/c2ccc(OC)cc2)cc1. The van der Waals surface area contributed by atoms with Crippen molar-refractivity contribution in [2.24, 2.45) is 10.2 Å². The minimum atomic E-state index is -0.365. The Morgan fingerprint density at radius 3 is 1.93 bits per heavy atom. The third-order valence-corrected chi connectivity index (χ3v) is 3.91. The smallest absolute Gasteiger partial charge is 0.330 e. The van der Waals surface area contributed by atoms with Gasteiger partial charge in [-0.2, -0.15) is 10.2 Å². The van der Waals surface area contributed by atoms with Gasteiger partial charge in [-0.05, 0) is 74.2 Å². The van der Waals surface area contributed by atoms with Crippen molar-refractivity contribution < 1.29 is 19.0 Å². The van der Waals surface area contributed by atoms with Crippen molar-refractivity contribution in [3.05, 3.63) is 61.2 Å². The summed E-state index contributed by atoms with van der Waals surface area (Å²) in [5.41, 5.74) is 1.53. The molecule has 0 bridgehead atoms. The van der Waals surface area contributed by atoms with Gasteiger partial charge in [0, 0.05) is 6.08 Å². The number of hydrogen-bond acceptors (Lipinski definition) is 6. The molecule has 2 aromatic carbocycles. The lowest BCUT2D eigenvalue weighted by Gasteiger charge is -2.06. The van der Waals surface area contributed by atoms with Gasteiger partial charge in [0.25, 0.3) is 0 Å². The number of ether oxygens (including phenoxy) is 3. The normalized spacial score (nSPS) is 10.6. The van der Waals surface area contributed by atoms with Crippen molar-refractivity contribution in [3.8, 4) is 11.5 Å². The van der Waals surface area contributed by atoms with E-state index in [0.29, 0.717) is 13.2 Å². The number of rotatable bonds is 12. The monoisotopic (exact) mass is 382 g/mol. The first-order valence-corrected chi connectivity index (χ1v) is 9.29. The summed E-state index contributed by atoms with van der Waals surface area (Å²) in [6.07, 6.45) is 5.01. The van der Waals surface area contributed by atoms with Crippen LogP contribution in [0, 0.1) is 0 Å². The highest BCUT2D eigenvalue weighted by Crippen LogP contribution is 2.23. The second kappa shape index (κ2) is 12.3. The Morgan fingerprint density at radius 2 is 1.39 bits per heavy atom. The second-order valence-corrected chi connectivity index (χ2v) is 6.03. The molecule has 6 heteroatoms. The zero-order valence-electron chi connectivity index (χ0n) is 16.2. The number of benzene rings is 2. The van der Waals surface area contributed by atoms with Gasteiger partial charge in [-0.15, -0.1) is 0 Å². The Hall–Kier alpha value is -3.15. The summed E-state index contributed by atoms with van der Waals surface area (Å²) < 4.78 is 15.8. The summed E-state index contributed by atoms with van der Waals surface area (Å²) in [6.45, 7) is 4.45. The zero-order valence-corrected chi connectivity index (χ0v) is 16.2. The maximum atomic E-state index is 10.9. The average Bonchev–Trinajstić information content (AvgIpc) is 2.75. The van der Waals surface area contributed by atoms with Gasteiger partial charge in [0.2, 0.25) is 0 Å². The Kier molecular flexibility index (Phi) is 9.27. The molecule has 2 rings (SSSR count). The number of carbonyl (C=O) groups excluding carboxylic acids is 1. The number of hydrogen-bond donors (Lipinski definition) is 0. The summed E-state index contributed by atoms with van der Waals surface area (Å²) in [4.78, 5) is 10.9. The van der Waals surface area contributed by atoms with Crippen LogP contribution in [0.25, 0.3) is 0 Å². The maximum Gasteiger partial charge on any atom is 0.330 e. The second-order valence-electron chi connectivity index (χ2n) is 6.03. The van der Waals surface area contributed by atoms with Crippen LogP contribution in [0.15, 0.2) is 71.4 Å². The van der Waals surface area contributed by atoms with E-state index in [1.54, 1.807) is 7.11 Å². The molecule has 0 N–H and O–H groups in total. The summed E-state index contributed by atoms with van der Waals surface area (Å²) in [6, 6.07) is 14.9. The highest BCUT2D eigenvalue weighted by molar-refractivity contribution is 5.81. The van der Waals surface area contributed by atoms with Crippen molar-refractivity contribution in [3.63, 3.8) is 0 Å². The van der Waals surface area contributed by atoms with Crippen LogP contribution in [0.5, 0.6) is 11.5 Å². The average molecular weight is 382 g/mol. The molecule has 0 unspecified atom stereocenters. The van der Waals surface area contributed by atoms with Crippen LogP contribution >= 0.6 is 0 Å². The molecule has 0 atom stereocenters. The van der Waals surface area contributed by atoms with Crippen LogP contribution in [0.2, 0.25) is 0 Å². The van der Waals surface area contributed by atoms with E-state index < -0.39 is 0 Å². The number of unbranched alkanes of at least 4 members (excludes halogenated alkanes) is 3. The van der Waals surface area contributed by atoms with Crippen LogP contribution in [0.1, 0.15) is 25.7 Å². The fourth-order valence-electron chi connectivity index (χ4n) is 2.35. The first-order chi connectivity index (χ1) is 13.7. The number of carbonyl (C=O) groups is 1. The topological polar surface area (TPSA) is 69.5 Å². The van der Waals surface area contributed by atoms with Crippen LogP contribution < -0.4 is 9.47 Å². The lowest BCUT2D eigenvalue weighted by Crippen LogP contribution is -2.02. The molecule has 0 aliphatic carbocycles. The molecule has 0 saturated heterocycles. The largest absolute Gasteiger partial charge is 0.497 e. The minimum absolute atomic E-state index is 0.365. The molecule has 0 spiro atoms. The lowest BCUT2D eigenvalue weighted by atomic mass is 10.2. The lowest BCUT2D eigenvalue weighted by molar-refractivity contribution is -0.137. The van der Waals surface area contributed by atoms with E-state index in [0.717, 1.165) is 48.6 Å². The maximum absolute atomic E-state index is 10.9. The van der Waals surface area contributed by atoms with Crippen molar-refractivity contribution in [2.75, 3.05) is 20.3 Å². The molecule has 0 aromatic heterocycles. The number of esters is 1. The van der Waals surface area contributed by atoms with Crippen LogP contribution in [-0.4, -0.2) is 26.3 Å². The molecule has 148 valence electrons. The fourth-order valence-corrected chi connectivity index (χ4v) is 2.35. The molecule has 0 radical (unpaired) electrons. The van der Waals surface area contributed by atoms with Gasteiger partial charge in [-0.25, -0.2) is 4.79 Å². The van der Waals surface area contributed by atoms with Gasteiger partial charge < -0.3 is 14.2 Å². The molecule has 0 fully saturated rings. The molecule has 6 nitrogen and oxygen atoms in total. The molecule has 0 amide bonds. The van der Waals surface area contributed by atoms with Gasteiger partial charge in [-0.3, -0.25) is 0 Å². The van der Waals surface area contributed by atoms with Crippen molar-refractivity contribution in [2.45, 2.75) is 25.7 Å².